The first-order valence-electron chi connectivity index (χ1n) is 22.1. The third-order valence-corrected chi connectivity index (χ3v) is 12.7. The van der Waals surface area contributed by atoms with E-state index >= 15 is 4.39 Å². The van der Waals surface area contributed by atoms with Crippen LogP contribution in [-0.2, 0) is 33.7 Å². The second-order valence-electron chi connectivity index (χ2n) is 18.2. The lowest BCUT2D eigenvalue weighted by molar-refractivity contribution is -0.138. The number of anilines is 6. The van der Waals surface area contributed by atoms with Crippen LogP contribution in [0.3, 0.4) is 0 Å². The van der Waals surface area contributed by atoms with Gasteiger partial charge in [0, 0.05) is 100 Å². The molecule has 5 aliphatic rings. The number of hydrogen-bond donors (Lipinski definition) is 2. The van der Waals surface area contributed by atoms with Gasteiger partial charge in [0.2, 0.25) is 17.7 Å². The number of ether oxygens (including phenoxy) is 2. The van der Waals surface area contributed by atoms with Gasteiger partial charge in [0.05, 0.1) is 24.8 Å². The number of hydrogen-bond acceptors (Lipinski definition) is 12. The standard InChI is InChI=1S/C47H55FN10O6/c1-29-20-35(8-9-38(29)57-13-11-41(59)52-45(57)61)53-14-16-54(17-15-53)36-27-56(28-36)42(60)22-31-6-7-34(23-37(31)48)51-40-21-33-26-55(12-10-32(33)24-49-40)39-25-50-44-43(30(39)2)58(18-19-63-44)46(62)64-47(3,4)5/h6-9,20-21,23-25,36H,10-19,22,26-28H2,1-5H3,(H,49,51)(H,52,59,61). The van der Waals surface area contributed by atoms with Gasteiger partial charge in [0.1, 0.15) is 29.5 Å². The highest BCUT2D eigenvalue weighted by molar-refractivity contribution is 6.06. The fourth-order valence-corrected chi connectivity index (χ4v) is 9.22. The number of nitrogens with one attached hydrogen (secondary N) is 2. The number of nitrogens with zero attached hydrogens (tertiary/aromatic N) is 8. The molecule has 4 aromatic rings. The number of rotatable bonds is 8. The van der Waals surface area contributed by atoms with Crippen molar-refractivity contribution in [1.82, 2.24) is 25.1 Å². The number of amides is 5. The first kappa shape index (κ1) is 42.8. The third-order valence-electron chi connectivity index (χ3n) is 12.7. The van der Waals surface area contributed by atoms with E-state index < -0.39 is 17.5 Å². The number of benzene rings is 2. The maximum Gasteiger partial charge on any atom is 0.415 e. The van der Waals surface area contributed by atoms with Crippen molar-refractivity contribution in [2.45, 2.75) is 72.1 Å². The Morgan fingerprint density at radius 2 is 1.69 bits per heavy atom. The van der Waals surface area contributed by atoms with E-state index in [9.17, 15) is 19.2 Å². The average molecular weight is 875 g/mol. The molecule has 7 heterocycles. The van der Waals surface area contributed by atoms with Gasteiger partial charge in [-0.3, -0.25) is 29.6 Å². The molecule has 0 bridgehead atoms. The summed E-state index contributed by atoms with van der Waals surface area (Å²) in [5, 5.41) is 5.64. The van der Waals surface area contributed by atoms with Gasteiger partial charge in [0.15, 0.2) is 0 Å². The smallest absolute Gasteiger partial charge is 0.415 e. The number of aromatic nitrogens is 2. The van der Waals surface area contributed by atoms with Gasteiger partial charge in [-0.1, -0.05) is 6.07 Å². The van der Waals surface area contributed by atoms with Gasteiger partial charge in [-0.25, -0.2) is 23.9 Å². The van der Waals surface area contributed by atoms with Crippen LogP contribution in [0, 0.1) is 19.7 Å². The molecule has 3 saturated heterocycles. The Morgan fingerprint density at radius 1 is 0.891 bits per heavy atom. The lowest BCUT2D eigenvalue weighted by Crippen LogP contribution is -2.64. The molecule has 0 atom stereocenters. The summed E-state index contributed by atoms with van der Waals surface area (Å²) in [6.45, 7) is 16.5. The molecule has 16 nitrogen and oxygen atoms in total. The number of imide groups is 1. The Bertz CT molecular complexity index is 2500. The van der Waals surface area contributed by atoms with Crippen molar-refractivity contribution < 1.29 is 33.0 Å². The van der Waals surface area contributed by atoms with E-state index in [0.29, 0.717) is 68.0 Å². The number of pyridine rings is 2. The number of fused-ring (bicyclic) bond motifs is 2. The summed E-state index contributed by atoms with van der Waals surface area (Å²) < 4.78 is 27.1. The Morgan fingerprint density at radius 3 is 2.42 bits per heavy atom. The minimum atomic E-state index is -0.642. The molecule has 0 saturated carbocycles. The first-order valence-corrected chi connectivity index (χ1v) is 22.1. The van der Waals surface area contributed by atoms with E-state index in [1.54, 1.807) is 28.1 Å². The SMILES string of the molecule is Cc1cc(N2CCN(C3CN(C(=O)Cc4ccc(Nc5cc6c(cn5)CCN(c5cnc7c(c5C)N(C(=O)OC(C)(C)C)CCO7)C6)cc4F)C3)CC2)ccc1N1CCC(=O)NC1=O. The minimum absolute atomic E-state index is 0.0110. The highest BCUT2D eigenvalue weighted by Crippen LogP contribution is 2.40. The molecule has 5 amide bonds. The summed E-state index contributed by atoms with van der Waals surface area (Å²) in [5.41, 5.74) is 7.72. The number of aryl methyl sites for hydroxylation is 1. The van der Waals surface area contributed by atoms with Gasteiger partial charge in [-0.15, -0.1) is 0 Å². The summed E-state index contributed by atoms with van der Waals surface area (Å²) in [5.74, 6) is 0.202. The first-order chi connectivity index (χ1) is 30.7. The van der Waals surface area contributed by atoms with Gasteiger partial charge < -0.3 is 29.5 Å². The second kappa shape index (κ2) is 17.2. The predicted octanol–water partition coefficient (Wildman–Crippen LogP) is 5.69. The number of carbonyl (C=O) groups is 4. The zero-order chi connectivity index (χ0) is 44.9. The van der Waals surface area contributed by atoms with Crippen molar-refractivity contribution in [2.75, 3.05) is 90.4 Å². The van der Waals surface area contributed by atoms with Crippen LogP contribution in [0.1, 0.15) is 55.0 Å². The molecule has 336 valence electrons. The van der Waals surface area contributed by atoms with Crippen LogP contribution in [0.2, 0.25) is 0 Å². The van der Waals surface area contributed by atoms with Crippen LogP contribution < -0.4 is 35.0 Å². The molecule has 0 aliphatic carbocycles. The van der Waals surface area contributed by atoms with Gasteiger partial charge in [-0.05, 0) is 99.7 Å². The third kappa shape index (κ3) is 8.85. The van der Waals surface area contributed by atoms with Crippen LogP contribution >= 0.6 is 0 Å². The average Bonchev–Trinajstić information content (AvgIpc) is 3.24. The monoisotopic (exact) mass is 874 g/mol. The van der Waals surface area contributed by atoms with E-state index in [0.717, 1.165) is 78.5 Å². The van der Waals surface area contributed by atoms with Crippen LogP contribution in [0.5, 0.6) is 5.88 Å². The molecule has 17 heteroatoms. The van der Waals surface area contributed by atoms with Crippen molar-refractivity contribution >= 4 is 58.2 Å². The molecule has 5 aliphatic heterocycles. The molecule has 0 spiro atoms. The molecule has 64 heavy (non-hydrogen) atoms. The maximum absolute atomic E-state index is 15.5. The number of likely N-dealkylation sites (tertiary alicyclic amines) is 1. The number of carbonyl (C=O) groups excluding carboxylic acids is 4. The van der Waals surface area contributed by atoms with Crippen LogP contribution in [0.4, 0.5) is 48.2 Å². The summed E-state index contributed by atoms with van der Waals surface area (Å²) in [4.78, 5) is 71.7. The summed E-state index contributed by atoms with van der Waals surface area (Å²) in [6.07, 6.45) is 4.27. The van der Waals surface area contributed by atoms with E-state index in [-0.39, 0.29) is 36.7 Å². The number of halogens is 1. The Kier molecular flexibility index (Phi) is 11.5. The fraction of sp³-hybridized carbons (Fsp3) is 0.447. The molecule has 2 N–H and O–H groups in total. The number of piperazine rings is 1. The molecular formula is C47H55FN10O6. The van der Waals surface area contributed by atoms with E-state index in [4.69, 9.17) is 9.47 Å². The molecule has 0 unspecified atom stereocenters. The molecule has 9 rings (SSSR count). The van der Waals surface area contributed by atoms with E-state index in [1.165, 1.54) is 6.07 Å². The molecule has 3 fully saturated rings. The maximum atomic E-state index is 15.5. The topological polar surface area (TPSA) is 156 Å². The zero-order valence-electron chi connectivity index (χ0n) is 37.1. The zero-order valence-corrected chi connectivity index (χ0v) is 37.1. The Balaban J connectivity index is 0.762. The summed E-state index contributed by atoms with van der Waals surface area (Å²) >= 11 is 0. The van der Waals surface area contributed by atoms with Crippen molar-refractivity contribution in [3.63, 3.8) is 0 Å². The van der Waals surface area contributed by atoms with Crippen molar-refractivity contribution in [3.05, 3.63) is 88.5 Å². The predicted molar refractivity (Wildman–Crippen MR) is 241 cm³/mol. The quantitative estimate of drug-likeness (QED) is 0.223. The number of urea groups is 1. The summed E-state index contributed by atoms with van der Waals surface area (Å²) in [7, 11) is 0. The van der Waals surface area contributed by atoms with E-state index in [2.05, 4.69) is 41.4 Å². The molecular weight excluding hydrogens is 820 g/mol. The molecule has 0 radical (unpaired) electrons. The van der Waals surface area contributed by atoms with Crippen molar-refractivity contribution in [1.29, 1.82) is 0 Å². The highest BCUT2D eigenvalue weighted by Gasteiger charge is 2.37. The Labute approximate surface area is 372 Å². The largest absolute Gasteiger partial charge is 0.474 e. The minimum Gasteiger partial charge on any atom is -0.474 e. The van der Waals surface area contributed by atoms with Crippen molar-refractivity contribution in [3.8, 4) is 5.88 Å². The molecule has 2 aromatic carbocycles. The second-order valence-corrected chi connectivity index (χ2v) is 18.2. The summed E-state index contributed by atoms with van der Waals surface area (Å²) in [6, 6.07) is 12.8. The van der Waals surface area contributed by atoms with Gasteiger partial charge >= 0.3 is 12.1 Å². The normalized spacial score (nSPS) is 18.2. The van der Waals surface area contributed by atoms with E-state index in [1.807, 2.05) is 63.9 Å². The lowest BCUT2D eigenvalue weighted by atomic mass is 10.0. The van der Waals surface area contributed by atoms with Gasteiger partial charge in [0.25, 0.3) is 0 Å². The lowest BCUT2D eigenvalue weighted by Gasteiger charge is -2.48. The van der Waals surface area contributed by atoms with Crippen LogP contribution in [0.25, 0.3) is 0 Å². The van der Waals surface area contributed by atoms with Crippen LogP contribution in [-0.4, -0.2) is 121 Å². The highest BCUT2D eigenvalue weighted by atomic mass is 19.1. The molecule has 2 aromatic heterocycles. The van der Waals surface area contributed by atoms with Crippen LogP contribution in [0.15, 0.2) is 54.9 Å². The fourth-order valence-electron chi connectivity index (χ4n) is 9.22. The van der Waals surface area contributed by atoms with Crippen molar-refractivity contribution in [2.24, 2.45) is 0 Å². The van der Waals surface area contributed by atoms with Gasteiger partial charge in [-0.2, -0.15) is 0 Å². The Hall–Kier alpha value is -6.49.